The average molecular weight is 228 g/mol. The molecule has 1 rings (SSSR count). The van der Waals surface area contributed by atoms with Crippen LogP contribution in [0, 0.1) is 11.8 Å². The van der Waals surface area contributed by atoms with Crippen molar-refractivity contribution >= 4 is 11.9 Å². The van der Waals surface area contributed by atoms with Crippen molar-refractivity contribution in [2.24, 2.45) is 11.8 Å². The Morgan fingerprint density at radius 3 is 2.31 bits per heavy atom. The number of aliphatic hydroxyl groups is 1. The maximum atomic E-state index is 10.9. The van der Waals surface area contributed by atoms with Crippen LogP contribution < -0.4 is 0 Å². The van der Waals surface area contributed by atoms with Gasteiger partial charge >= 0.3 is 11.9 Å². The van der Waals surface area contributed by atoms with Gasteiger partial charge in [-0.2, -0.15) is 0 Å². The number of aliphatic hydroxyl groups excluding tert-OH is 1. The molecule has 1 aliphatic carbocycles. The lowest BCUT2D eigenvalue weighted by atomic mass is 10.0. The lowest BCUT2D eigenvalue weighted by Crippen LogP contribution is -2.32. The third-order valence-electron chi connectivity index (χ3n) is 2.44. The number of carbonyl (C=O) groups excluding carboxylic acids is 2. The molecule has 5 heteroatoms. The van der Waals surface area contributed by atoms with Gasteiger partial charge in [0, 0.05) is 25.7 Å². The van der Waals surface area contributed by atoms with E-state index in [1.54, 1.807) is 12.2 Å². The molecule has 1 N–H and O–H groups in total. The van der Waals surface area contributed by atoms with Crippen molar-refractivity contribution in [2.45, 2.75) is 20.0 Å². The Bertz CT molecular complexity index is 297. The first kappa shape index (κ1) is 12.7. The third-order valence-corrected chi connectivity index (χ3v) is 2.44. The van der Waals surface area contributed by atoms with E-state index in [0.717, 1.165) is 0 Å². The number of hydrogen-bond donors (Lipinski definition) is 1. The molecular weight excluding hydrogens is 212 g/mol. The van der Waals surface area contributed by atoms with Crippen molar-refractivity contribution in [2.75, 3.05) is 13.2 Å². The Balaban J connectivity index is 2.57. The van der Waals surface area contributed by atoms with E-state index in [0.29, 0.717) is 0 Å². The summed E-state index contributed by atoms with van der Waals surface area (Å²) in [5, 5.41) is 9.09. The lowest BCUT2D eigenvalue weighted by molar-refractivity contribution is -0.153. The highest BCUT2D eigenvalue weighted by Gasteiger charge is 2.34. The largest absolute Gasteiger partial charge is 0.465 e. The van der Waals surface area contributed by atoms with Crippen molar-refractivity contribution in [1.82, 2.24) is 0 Å². The average Bonchev–Trinajstić information content (AvgIpc) is 2.56. The van der Waals surface area contributed by atoms with Crippen molar-refractivity contribution in [3.05, 3.63) is 12.2 Å². The zero-order chi connectivity index (χ0) is 12.1. The molecule has 3 atom stereocenters. The predicted molar refractivity (Wildman–Crippen MR) is 55.4 cm³/mol. The number of ether oxygens (including phenoxy) is 2. The normalized spacial score (nSPS) is 27.8. The van der Waals surface area contributed by atoms with Gasteiger partial charge < -0.3 is 14.6 Å². The van der Waals surface area contributed by atoms with Crippen molar-refractivity contribution in [3.63, 3.8) is 0 Å². The molecule has 5 nitrogen and oxygen atoms in total. The fraction of sp³-hybridized carbons (Fsp3) is 0.636. The zero-order valence-electron chi connectivity index (χ0n) is 9.38. The van der Waals surface area contributed by atoms with Gasteiger partial charge in [0.1, 0.15) is 12.7 Å². The molecule has 0 aromatic heterocycles. The molecule has 0 amide bonds. The molecule has 0 heterocycles. The van der Waals surface area contributed by atoms with Gasteiger partial charge in [-0.15, -0.1) is 0 Å². The van der Waals surface area contributed by atoms with E-state index in [9.17, 15) is 9.59 Å². The minimum Gasteiger partial charge on any atom is -0.465 e. The summed E-state index contributed by atoms with van der Waals surface area (Å²) in [5.41, 5.74) is 0. The molecule has 0 spiro atoms. The maximum absolute atomic E-state index is 10.9. The first-order valence-corrected chi connectivity index (χ1v) is 5.14. The Labute approximate surface area is 94.0 Å². The van der Waals surface area contributed by atoms with Gasteiger partial charge in [0.25, 0.3) is 0 Å². The van der Waals surface area contributed by atoms with E-state index in [1.807, 2.05) is 0 Å². The van der Waals surface area contributed by atoms with Crippen LogP contribution >= 0.6 is 0 Å². The first-order chi connectivity index (χ1) is 7.54. The molecule has 0 bridgehead atoms. The van der Waals surface area contributed by atoms with Crippen LogP contribution in [0.5, 0.6) is 0 Å². The molecule has 16 heavy (non-hydrogen) atoms. The summed E-state index contributed by atoms with van der Waals surface area (Å²) in [6.45, 7) is 2.71. The fourth-order valence-corrected chi connectivity index (χ4v) is 1.72. The molecule has 0 saturated carbocycles. The minimum atomic E-state index is -0.443. The zero-order valence-corrected chi connectivity index (χ0v) is 9.38. The highest BCUT2D eigenvalue weighted by molar-refractivity contribution is 5.66. The number of esters is 2. The number of rotatable bonds is 4. The smallest absolute Gasteiger partial charge is 0.302 e. The van der Waals surface area contributed by atoms with E-state index in [4.69, 9.17) is 14.6 Å². The quantitative estimate of drug-likeness (QED) is 0.552. The summed E-state index contributed by atoms with van der Waals surface area (Å²) in [4.78, 5) is 21.6. The topological polar surface area (TPSA) is 72.8 Å². The summed E-state index contributed by atoms with van der Waals surface area (Å²) in [7, 11) is 0. The van der Waals surface area contributed by atoms with Crippen LogP contribution in [-0.2, 0) is 19.1 Å². The molecule has 0 unspecified atom stereocenters. The Morgan fingerprint density at radius 2 is 1.81 bits per heavy atom. The highest BCUT2D eigenvalue weighted by Crippen LogP contribution is 2.27. The van der Waals surface area contributed by atoms with Crippen molar-refractivity contribution in [1.29, 1.82) is 0 Å². The van der Waals surface area contributed by atoms with Gasteiger partial charge in [0.15, 0.2) is 0 Å². The van der Waals surface area contributed by atoms with Crippen LogP contribution in [0.3, 0.4) is 0 Å². The fourth-order valence-electron chi connectivity index (χ4n) is 1.72. The highest BCUT2D eigenvalue weighted by atomic mass is 16.6. The number of hydrogen-bond acceptors (Lipinski definition) is 5. The molecule has 0 fully saturated rings. The Hall–Kier alpha value is -1.36. The molecule has 0 aromatic carbocycles. The molecule has 90 valence electrons. The van der Waals surface area contributed by atoms with Crippen LogP contribution in [0.1, 0.15) is 13.8 Å². The summed E-state index contributed by atoms with van der Waals surface area (Å²) in [5.74, 6) is -1.17. The van der Waals surface area contributed by atoms with Gasteiger partial charge in [0.2, 0.25) is 0 Å². The Kier molecular flexibility index (Phi) is 4.49. The van der Waals surface area contributed by atoms with E-state index in [-0.39, 0.29) is 31.0 Å². The predicted octanol–water partition coefficient (Wildman–Crippen LogP) is 0.276. The summed E-state index contributed by atoms with van der Waals surface area (Å²) < 4.78 is 9.97. The van der Waals surface area contributed by atoms with Gasteiger partial charge in [-0.3, -0.25) is 9.59 Å². The summed E-state index contributed by atoms with van der Waals surface area (Å²) >= 11 is 0. The molecular formula is C11H16O5. The van der Waals surface area contributed by atoms with Crippen molar-refractivity contribution in [3.8, 4) is 0 Å². The summed E-state index contributed by atoms with van der Waals surface area (Å²) in [6, 6.07) is 0. The molecule has 0 radical (unpaired) electrons. The SMILES string of the molecule is CC(=O)OC[C@@H]1C=C[C@H](CO)[C@H]1OC(C)=O. The molecule has 0 aromatic rings. The first-order valence-electron chi connectivity index (χ1n) is 5.14. The second-order valence-electron chi connectivity index (χ2n) is 3.77. The van der Waals surface area contributed by atoms with E-state index in [2.05, 4.69) is 0 Å². The number of carbonyl (C=O) groups is 2. The molecule has 0 saturated heterocycles. The van der Waals surface area contributed by atoms with Gasteiger partial charge in [-0.25, -0.2) is 0 Å². The van der Waals surface area contributed by atoms with Crippen LogP contribution in [0.25, 0.3) is 0 Å². The molecule has 0 aliphatic heterocycles. The van der Waals surface area contributed by atoms with Gasteiger partial charge in [-0.1, -0.05) is 12.2 Å². The second-order valence-corrected chi connectivity index (χ2v) is 3.77. The van der Waals surface area contributed by atoms with E-state index < -0.39 is 12.1 Å². The van der Waals surface area contributed by atoms with E-state index in [1.165, 1.54) is 13.8 Å². The third kappa shape index (κ3) is 3.34. The van der Waals surface area contributed by atoms with Crippen LogP contribution in [0.4, 0.5) is 0 Å². The van der Waals surface area contributed by atoms with Crippen LogP contribution in [0.2, 0.25) is 0 Å². The van der Waals surface area contributed by atoms with E-state index >= 15 is 0 Å². The lowest BCUT2D eigenvalue weighted by Gasteiger charge is -2.23. The molecule has 1 aliphatic rings. The van der Waals surface area contributed by atoms with Crippen LogP contribution in [0.15, 0.2) is 12.2 Å². The summed E-state index contributed by atoms with van der Waals surface area (Å²) in [6.07, 6.45) is 3.14. The maximum Gasteiger partial charge on any atom is 0.302 e. The van der Waals surface area contributed by atoms with Gasteiger partial charge in [0.05, 0.1) is 6.61 Å². The Morgan fingerprint density at radius 1 is 1.19 bits per heavy atom. The van der Waals surface area contributed by atoms with Crippen LogP contribution in [-0.4, -0.2) is 36.4 Å². The van der Waals surface area contributed by atoms with Gasteiger partial charge in [-0.05, 0) is 0 Å². The second kappa shape index (κ2) is 5.65. The van der Waals surface area contributed by atoms with Crippen molar-refractivity contribution < 1.29 is 24.2 Å². The standard InChI is InChI=1S/C11H16O5/c1-7(13)15-6-10-4-3-9(5-12)11(10)16-8(2)14/h3-4,9-12H,5-6H2,1-2H3/t9-,10+,11-/m1/s1. The minimum absolute atomic E-state index is 0.0922. The monoisotopic (exact) mass is 228 g/mol.